The molecule has 4 aromatic carbocycles. The van der Waals surface area contributed by atoms with Gasteiger partial charge in [-0.3, -0.25) is 19.2 Å². The first-order chi connectivity index (χ1) is 27.6. The molecule has 2 aromatic heterocycles. The Morgan fingerprint density at radius 1 is 0.672 bits per heavy atom. The maximum Gasteiger partial charge on any atom is 0.326 e. The molecule has 6 aromatic rings. The lowest BCUT2D eigenvalue weighted by Crippen LogP contribution is -2.33. The number of nitrogens with one attached hydrogen (secondary N) is 2. The third kappa shape index (κ3) is 10.1. The molecule has 300 valence electrons. The highest BCUT2D eigenvalue weighted by molar-refractivity contribution is 5.91. The summed E-state index contributed by atoms with van der Waals surface area (Å²) < 4.78 is 10.8. The van der Waals surface area contributed by atoms with Crippen LogP contribution in [0.2, 0.25) is 0 Å². The number of anilines is 1. The fourth-order valence-electron chi connectivity index (χ4n) is 5.58. The highest BCUT2D eigenvalue weighted by atomic mass is 16.6. The summed E-state index contributed by atoms with van der Waals surface area (Å²) in [7, 11) is 0. The van der Waals surface area contributed by atoms with Crippen LogP contribution >= 0.6 is 0 Å². The van der Waals surface area contributed by atoms with Crippen molar-refractivity contribution in [3.63, 3.8) is 0 Å². The monoisotopic (exact) mass is 798 g/mol. The van der Waals surface area contributed by atoms with Crippen molar-refractivity contribution in [2.75, 3.05) is 5.32 Å². The van der Waals surface area contributed by atoms with E-state index in [1.165, 1.54) is 55.0 Å². The molecule has 0 saturated heterocycles. The lowest BCUT2D eigenvalue weighted by Gasteiger charge is -2.15. The standard InChI is InChI=1S/2C20H17NO8/c22-9-12(3-6-18(25)26)21-29-14-4-1-11(2-5-14)15-10-28-17-8-13(23)7-16(24)19(17)20(15)27;22-12-3-1-10(2-4-12)13-9-29-16-8-11(7-15(23)18(16)19(13)26)21-14(20(27)28)5-6-17(24)25/h1-2,4-5,7-10,12,21,23-24H,3,6H2,(H,25,26);1-4,7-9,14,21-23H,5-6H2,(H,24,25)(H,27,28)/t12-;14-/m00/s1. The first-order valence-corrected chi connectivity index (χ1v) is 17.1. The van der Waals surface area contributed by atoms with E-state index in [9.17, 15) is 54.3 Å². The second-order valence-corrected chi connectivity index (χ2v) is 12.6. The van der Waals surface area contributed by atoms with Gasteiger partial charge in [0.05, 0.1) is 17.2 Å². The summed E-state index contributed by atoms with van der Waals surface area (Å²) in [6.07, 6.45) is 2.37. The number of hydroxylamine groups is 1. The van der Waals surface area contributed by atoms with Crippen LogP contribution in [0.25, 0.3) is 44.2 Å². The van der Waals surface area contributed by atoms with Crippen molar-refractivity contribution in [1.29, 1.82) is 0 Å². The molecule has 0 saturated carbocycles. The first-order valence-electron chi connectivity index (χ1n) is 17.1. The predicted molar refractivity (Wildman–Crippen MR) is 205 cm³/mol. The average Bonchev–Trinajstić information content (AvgIpc) is 3.17. The summed E-state index contributed by atoms with van der Waals surface area (Å²) >= 11 is 0. The van der Waals surface area contributed by atoms with E-state index in [-0.39, 0.29) is 81.7 Å². The Balaban J connectivity index is 0.000000221. The second-order valence-electron chi connectivity index (χ2n) is 12.6. The van der Waals surface area contributed by atoms with Crippen LogP contribution in [-0.2, 0) is 19.2 Å². The summed E-state index contributed by atoms with van der Waals surface area (Å²) in [4.78, 5) is 74.3. The van der Waals surface area contributed by atoms with Gasteiger partial charge in [0, 0.05) is 42.8 Å². The van der Waals surface area contributed by atoms with Crippen LogP contribution in [0.15, 0.2) is 104 Å². The minimum atomic E-state index is -1.25. The maximum absolute atomic E-state index is 12.8. The highest BCUT2D eigenvalue weighted by Gasteiger charge is 2.21. The Bertz CT molecular complexity index is 2600. The number of carboxylic acid groups (broad SMARTS) is 3. The lowest BCUT2D eigenvalue weighted by atomic mass is 10.0. The van der Waals surface area contributed by atoms with Crippen LogP contribution in [0.1, 0.15) is 25.7 Å². The van der Waals surface area contributed by atoms with E-state index in [1.54, 1.807) is 24.3 Å². The van der Waals surface area contributed by atoms with Gasteiger partial charge in [0.15, 0.2) is 0 Å². The van der Waals surface area contributed by atoms with Crippen LogP contribution in [0.3, 0.4) is 0 Å². The number of rotatable bonds is 15. The van der Waals surface area contributed by atoms with Crippen molar-refractivity contribution in [3.05, 3.63) is 106 Å². The van der Waals surface area contributed by atoms with Gasteiger partial charge in [0.1, 0.15) is 75.5 Å². The summed E-state index contributed by atoms with van der Waals surface area (Å²) in [6, 6.07) is 15.0. The summed E-state index contributed by atoms with van der Waals surface area (Å²) in [6.45, 7) is 0. The van der Waals surface area contributed by atoms with E-state index < -0.39 is 46.6 Å². The number of phenolic OH excluding ortho intramolecular Hbond substituents is 4. The van der Waals surface area contributed by atoms with Gasteiger partial charge < -0.3 is 59.5 Å². The van der Waals surface area contributed by atoms with E-state index in [2.05, 4.69) is 10.8 Å². The van der Waals surface area contributed by atoms with Crippen molar-refractivity contribution >= 4 is 51.8 Å². The molecule has 0 aliphatic rings. The number of fused-ring (bicyclic) bond motifs is 2. The van der Waals surface area contributed by atoms with Gasteiger partial charge >= 0.3 is 17.9 Å². The number of hydrogen-bond acceptors (Lipinski definition) is 15. The summed E-state index contributed by atoms with van der Waals surface area (Å²) in [5.41, 5.74) is 3.12. The number of hydrogen-bond donors (Lipinski definition) is 9. The van der Waals surface area contributed by atoms with E-state index in [0.717, 1.165) is 6.07 Å². The van der Waals surface area contributed by atoms with Crippen LogP contribution < -0.4 is 26.5 Å². The van der Waals surface area contributed by atoms with E-state index >= 15 is 0 Å². The van der Waals surface area contributed by atoms with E-state index in [1.807, 2.05) is 0 Å². The molecule has 18 nitrogen and oxygen atoms in total. The van der Waals surface area contributed by atoms with Crippen molar-refractivity contribution < 1.29 is 68.6 Å². The fourth-order valence-corrected chi connectivity index (χ4v) is 5.58. The zero-order valence-corrected chi connectivity index (χ0v) is 29.9. The Morgan fingerprint density at radius 2 is 1.19 bits per heavy atom. The summed E-state index contributed by atoms with van der Waals surface area (Å²) in [5, 5.41) is 68.3. The molecule has 0 spiro atoms. The Kier molecular flexibility index (Phi) is 12.9. The van der Waals surface area contributed by atoms with Gasteiger partial charge in [-0.15, -0.1) is 5.48 Å². The third-order valence-corrected chi connectivity index (χ3v) is 8.49. The molecule has 0 bridgehead atoms. The predicted octanol–water partition coefficient (Wildman–Crippen LogP) is 4.79. The van der Waals surface area contributed by atoms with E-state index in [4.69, 9.17) is 23.9 Å². The van der Waals surface area contributed by atoms with Crippen molar-refractivity contribution in [2.24, 2.45) is 0 Å². The molecule has 2 heterocycles. The number of phenols is 4. The number of aliphatic carboxylic acids is 3. The zero-order valence-electron chi connectivity index (χ0n) is 29.9. The average molecular weight is 799 g/mol. The number of benzene rings is 4. The molecule has 2 atom stereocenters. The fraction of sp³-hybridized carbons (Fsp3) is 0.150. The lowest BCUT2D eigenvalue weighted by molar-refractivity contribution is -0.140. The van der Waals surface area contributed by atoms with Crippen LogP contribution in [-0.4, -0.2) is 72.0 Å². The van der Waals surface area contributed by atoms with Gasteiger partial charge in [0.2, 0.25) is 10.9 Å². The Labute approximate surface area is 325 Å². The minimum Gasteiger partial charge on any atom is -0.508 e. The van der Waals surface area contributed by atoms with Crippen molar-refractivity contribution in [2.45, 2.75) is 37.8 Å². The molecule has 0 amide bonds. The van der Waals surface area contributed by atoms with Crippen LogP contribution in [0.5, 0.6) is 28.7 Å². The van der Waals surface area contributed by atoms with Crippen molar-refractivity contribution in [1.82, 2.24) is 5.48 Å². The number of carbonyl (C=O) groups excluding carboxylic acids is 1. The number of aldehydes is 1. The highest BCUT2D eigenvalue weighted by Crippen LogP contribution is 2.32. The number of aromatic hydroxyl groups is 4. The Morgan fingerprint density at radius 3 is 1.72 bits per heavy atom. The Hall–Kier alpha value is -7.86. The molecular weight excluding hydrogens is 764 g/mol. The molecule has 0 aliphatic carbocycles. The number of carbonyl (C=O) groups is 4. The van der Waals surface area contributed by atoms with Crippen LogP contribution in [0, 0.1) is 0 Å². The van der Waals surface area contributed by atoms with Gasteiger partial charge in [-0.1, -0.05) is 24.3 Å². The number of carboxylic acids is 3. The molecule has 0 aliphatic heterocycles. The quantitative estimate of drug-likeness (QED) is 0.0498. The van der Waals surface area contributed by atoms with Gasteiger partial charge in [-0.2, -0.15) is 0 Å². The topological polar surface area (TPSA) is 304 Å². The minimum absolute atomic E-state index is 0.0300. The van der Waals surface area contributed by atoms with Crippen LogP contribution in [0.4, 0.5) is 5.69 Å². The molecule has 0 radical (unpaired) electrons. The molecule has 9 N–H and O–H groups in total. The normalized spacial score (nSPS) is 11.9. The van der Waals surface area contributed by atoms with Gasteiger partial charge in [-0.25, -0.2) is 4.79 Å². The molecule has 18 heteroatoms. The first kappa shape index (κ1) is 41.3. The molecule has 58 heavy (non-hydrogen) atoms. The maximum atomic E-state index is 12.8. The van der Waals surface area contributed by atoms with E-state index in [0.29, 0.717) is 23.2 Å². The molecule has 6 rings (SSSR count). The largest absolute Gasteiger partial charge is 0.508 e. The second kappa shape index (κ2) is 18.2. The zero-order chi connectivity index (χ0) is 42.1. The van der Waals surface area contributed by atoms with Gasteiger partial charge in [-0.05, 0) is 48.2 Å². The molecular formula is C40H34N2O16. The SMILES string of the molecule is O=C(O)CC[C@H](Nc1cc(O)c2c(=O)c(-c3ccc(O)cc3)coc2c1)C(=O)O.O=C[C@H](CCC(=O)O)NOc1ccc(-c2coc3cc(O)cc(O)c3c2=O)cc1. The summed E-state index contributed by atoms with van der Waals surface area (Å²) in [5.74, 6) is -4.05. The van der Waals surface area contributed by atoms with Crippen molar-refractivity contribution in [3.8, 4) is 51.0 Å². The van der Waals surface area contributed by atoms with Gasteiger partial charge in [0.25, 0.3) is 0 Å². The smallest absolute Gasteiger partial charge is 0.326 e. The molecule has 0 unspecified atom stereocenters. The molecule has 0 fully saturated rings. The third-order valence-electron chi connectivity index (χ3n) is 8.49.